The van der Waals surface area contributed by atoms with Crippen LogP contribution in [0.4, 0.5) is 0 Å². The maximum absolute atomic E-state index is 6.53. The molecule has 53 heavy (non-hydrogen) atoms. The number of aromatic nitrogens is 4. The predicted octanol–water partition coefficient (Wildman–Crippen LogP) is 12.2. The lowest BCUT2D eigenvalue weighted by Crippen LogP contribution is -2.14. The smallest absolute Gasteiger partial charge is 0.164 e. The summed E-state index contributed by atoms with van der Waals surface area (Å²) in [6.07, 6.45) is 0. The Morgan fingerprint density at radius 1 is 0.434 bits per heavy atom. The Hall–Kier alpha value is -6.85. The highest BCUT2D eigenvalue weighted by atomic mass is 16.3. The zero-order valence-corrected chi connectivity index (χ0v) is 29.2. The van der Waals surface area contributed by atoms with Crippen molar-refractivity contribution in [3.8, 4) is 51.0 Å². The van der Waals surface area contributed by atoms with Crippen molar-refractivity contribution in [3.63, 3.8) is 0 Å². The van der Waals surface area contributed by atoms with Gasteiger partial charge in [-0.25, -0.2) is 15.0 Å². The van der Waals surface area contributed by atoms with Crippen LogP contribution in [0.3, 0.4) is 0 Å². The first-order valence-electron chi connectivity index (χ1n) is 18.0. The Morgan fingerprint density at radius 3 is 1.85 bits per heavy atom. The number of benzene rings is 7. The average molecular weight is 681 g/mol. The van der Waals surface area contributed by atoms with E-state index in [1.54, 1.807) is 0 Å². The average Bonchev–Trinajstić information content (AvgIpc) is 3.82. The number of para-hydroxylation sites is 1. The van der Waals surface area contributed by atoms with Gasteiger partial charge in [-0.15, -0.1) is 0 Å². The molecule has 3 aromatic heterocycles. The highest BCUT2D eigenvalue weighted by Crippen LogP contribution is 2.51. The third-order valence-electron chi connectivity index (χ3n) is 11.0. The lowest BCUT2D eigenvalue weighted by atomic mass is 9.82. The minimum absolute atomic E-state index is 0.0912. The van der Waals surface area contributed by atoms with Crippen molar-refractivity contribution in [3.05, 3.63) is 169 Å². The van der Waals surface area contributed by atoms with Gasteiger partial charge in [-0.1, -0.05) is 123 Å². The Balaban J connectivity index is 1.07. The first kappa shape index (κ1) is 29.8. The Morgan fingerprint density at radius 2 is 1.09 bits per heavy atom. The van der Waals surface area contributed by atoms with E-state index < -0.39 is 0 Å². The van der Waals surface area contributed by atoms with Crippen LogP contribution in [0.5, 0.6) is 0 Å². The number of hydrogen-bond donors (Lipinski definition) is 0. The molecule has 0 spiro atoms. The molecule has 0 amide bonds. The summed E-state index contributed by atoms with van der Waals surface area (Å²) in [5.41, 5.74) is 13.2. The van der Waals surface area contributed by atoms with E-state index in [0.717, 1.165) is 44.3 Å². The first-order valence-corrected chi connectivity index (χ1v) is 18.0. The molecule has 10 aromatic rings. The van der Waals surface area contributed by atoms with Crippen LogP contribution < -0.4 is 0 Å². The Kier molecular flexibility index (Phi) is 6.23. The van der Waals surface area contributed by atoms with Crippen molar-refractivity contribution >= 4 is 43.7 Å². The summed E-state index contributed by atoms with van der Waals surface area (Å²) in [7, 11) is 0. The highest BCUT2D eigenvalue weighted by Gasteiger charge is 2.36. The molecular weight excluding hydrogens is 649 g/mol. The van der Waals surface area contributed by atoms with Gasteiger partial charge in [0, 0.05) is 49.3 Å². The summed E-state index contributed by atoms with van der Waals surface area (Å²) in [6.45, 7) is 4.69. The molecule has 0 aliphatic heterocycles. The molecule has 0 saturated heterocycles. The summed E-state index contributed by atoms with van der Waals surface area (Å²) in [5, 5.41) is 4.62. The second-order valence-electron chi connectivity index (χ2n) is 14.5. The summed E-state index contributed by atoms with van der Waals surface area (Å²) in [4.78, 5) is 14.8. The fraction of sp³-hybridized carbons (Fsp3) is 0.0625. The second-order valence-corrected chi connectivity index (χ2v) is 14.5. The molecule has 0 N–H and O–H groups in total. The number of nitrogens with zero attached hydrogens (tertiary/aromatic N) is 4. The molecule has 5 nitrogen and oxygen atoms in total. The fourth-order valence-corrected chi connectivity index (χ4v) is 8.42. The highest BCUT2D eigenvalue weighted by molar-refractivity contribution is 6.12. The maximum atomic E-state index is 6.53. The Bertz CT molecular complexity index is 3020. The molecule has 0 atom stereocenters. The lowest BCUT2D eigenvalue weighted by Gasteiger charge is -2.21. The summed E-state index contributed by atoms with van der Waals surface area (Å²) < 4.78 is 8.95. The zero-order valence-electron chi connectivity index (χ0n) is 29.2. The van der Waals surface area contributed by atoms with Gasteiger partial charge in [0.2, 0.25) is 0 Å². The molecule has 0 unspecified atom stereocenters. The van der Waals surface area contributed by atoms with Crippen molar-refractivity contribution in [2.45, 2.75) is 19.3 Å². The van der Waals surface area contributed by atoms with E-state index in [1.807, 2.05) is 60.7 Å². The van der Waals surface area contributed by atoms with Crippen LogP contribution in [0.1, 0.15) is 25.0 Å². The van der Waals surface area contributed by atoms with Gasteiger partial charge in [-0.05, 0) is 70.8 Å². The van der Waals surface area contributed by atoms with Crippen LogP contribution in [-0.4, -0.2) is 19.5 Å². The summed E-state index contributed by atoms with van der Waals surface area (Å²) >= 11 is 0. The minimum atomic E-state index is -0.0912. The quantitative estimate of drug-likeness (QED) is 0.186. The molecule has 5 heteroatoms. The third kappa shape index (κ3) is 4.47. The molecule has 0 saturated carbocycles. The topological polar surface area (TPSA) is 56.7 Å². The summed E-state index contributed by atoms with van der Waals surface area (Å²) in [6, 6.07) is 55.4. The van der Waals surface area contributed by atoms with Gasteiger partial charge in [0.1, 0.15) is 11.2 Å². The van der Waals surface area contributed by atoms with E-state index in [4.69, 9.17) is 19.4 Å². The normalized spacial score (nSPS) is 13.2. The molecule has 7 aromatic carbocycles. The maximum Gasteiger partial charge on any atom is 0.164 e. The van der Waals surface area contributed by atoms with Crippen LogP contribution in [0.15, 0.2) is 162 Å². The number of rotatable bonds is 4. The van der Waals surface area contributed by atoms with Crippen LogP contribution in [0.25, 0.3) is 94.7 Å². The van der Waals surface area contributed by atoms with Crippen molar-refractivity contribution in [1.82, 2.24) is 19.5 Å². The molecule has 1 aliphatic rings. The van der Waals surface area contributed by atoms with Gasteiger partial charge < -0.3 is 8.98 Å². The molecule has 0 bridgehead atoms. The van der Waals surface area contributed by atoms with Gasteiger partial charge >= 0.3 is 0 Å². The van der Waals surface area contributed by atoms with Crippen molar-refractivity contribution < 1.29 is 4.42 Å². The number of hydrogen-bond acceptors (Lipinski definition) is 4. The van der Waals surface area contributed by atoms with Crippen LogP contribution >= 0.6 is 0 Å². The van der Waals surface area contributed by atoms with E-state index in [1.165, 1.54) is 44.1 Å². The van der Waals surface area contributed by atoms with Gasteiger partial charge in [0.25, 0.3) is 0 Å². The van der Waals surface area contributed by atoms with Gasteiger partial charge in [0.05, 0.1) is 11.0 Å². The fourth-order valence-electron chi connectivity index (χ4n) is 8.42. The molecule has 0 fully saturated rings. The molecule has 3 heterocycles. The van der Waals surface area contributed by atoms with Crippen LogP contribution in [0, 0.1) is 0 Å². The molecule has 250 valence electrons. The Labute approximate surface area is 305 Å². The number of fused-ring (bicyclic) bond motifs is 9. The monoisotopic (exact) mass is 680 g/mol. The molecule has 1 aliphatic carbocycles. The summed E-state index contributed by atoms with van der Waals surface area (Å²) in [5.74, 6) is 1.87. The van der Waals surface area contributed by atoms with Crippen LogP contribution in [0.2, 0.25) is 0 Å². The van der Waals surface area contributed by atoms with Gasteiger partial charge in [-0.2, -0.15) is 0 Å². The van der Waals surface area contributed by atoms with E-state index in [-0.39, 0.29) is 5.41 Å². The van der Waals surface area contributed by atoms with E-state index >= 15 is 0 Å². The van der Waals surface area contributed by atoms with E-state index in [2.05, 4.69) is 115 Å². The predicted molar refractivity (Wildman–Crippen MR) is 215 cm³/mol. The third-order valence-corrected chi connectivity index (χ3v) is 11.0. The van der Waals surface area contributed by atoms with E-state index in [0.29, 0.717) is 17.5 Å². The molecule has 0 radical (unpaired) electrons. The second kappa shape index (κ2) is 11.1. The zero-order chi connectivity index (χ0) is 35.3. The standard InChI is InChI=1S/C48H32N4O/c1-48(2)39-19-11-9-17-33(39)36-27-37-34-18-10-12-20-41(34)52(42(37)28-40(36)48)32-22-24-43-38(26-32)35-23-21-31(25-44(35)53-43)47-50-45(29-13-5-3-6-14-29)49-46(51-47)30-15-7-4-8-16-30/h3-28H,1-2H3. The molecule has 11 rings (SSSR count). The largest absolute Gasteiger partial charge is 0.456 e. The van der Waals surface area contributed by atoms with Gasteiger partial charge in [-0.3, -0.25) is 0 Å². The number of furan rings is 1. The van der Waals surface area contributed by atoms with Crippen molar-refractivity contribution in [1.29, 1.82) is 0 Å². The lowest BCUT2D eigenvalue weighted by molar-refractivity contribution is 0.661. The van der Waals surface area contributed by atoms with Crippen LogP contribution in [-0.2, 0) is 5.41 Å². The van der Waals surface area contributed by atoms with E-state index in [9.17, 15) is 0 Å². The first-order chi connectivity index (χ1) is 26.0. The minimum Gasteiger partial charge on any atom is -0.456 e. The SMILES string of the molecule is CC1(C)c2ccccc2-c2cc3c4ccccc4n(-c4ccc5oc6cc(-c7nc(-c8ccccc8)nc(-c8ccccc8)n7)ccc6c5c4)c3cc21. The van der Waals surface area contributed by atoms with Crippen molar-refractivity contribution in [2.24, 2.45) is 0 Å². The van der Waals surface area contributed by atoms with Gasteiger partial charge in [0.15, 0.2) is 17.5 Å². The molecular formula is C48H32N4O. The van der Waals surface area contributed by atoms with Crippen molar-refractivity contribution in [2.75, 3.05) is 0 Å².